The molecule has 0 aromatic heterocycles. The molecule has 0 heterocycles. The molecule has 2 aromatic rings. The lowest BCUT2D eigenvalue weighted by Gasteiger charge is -2.09. The van der Waals surface area contributed by atoms with Gasteiger partial charge in [0.25, 0.3) is 0 Å². The van der Waals surface area contributed by atoms with Crippen LogP contribution in [0.25, 0.3) is 11.1 Å². The zero-order chi connectivity index (χ0) is 12.6. The number of nitrogen functional groups attached to an aromatic ring is 1. The van der Waals surface area contributed by atoms with E-state index < -0.39 is 11.6 Å². The van der Waals surface area contributed by atoms with Crippen molar-refractivity contribution in [3.8, 4) is 11.1 Å². The molecule has 1 nitrogen and oxygen atoms in total. The molecule has 0 atom stereocenters. The van der Waals surface area contributed by atoms with E-state index in [-0.39, 0.29) is 10.6 Å². The van der Waals surface area contributed by atoms with Crippen molar-refractivity contribution in [3.63, 3.8) is 0 Å². The third-order valence-corrected chi connectivity index (χ3v) is 2.86. The molecule has 0 bridgehead atoms. The number of nitrogens with two attached hydrogens (primary N) is 1. The summed E-state index contributed by atoms with van der Waals surface area (Å²) >= 11 is 5.95. The molecule has 0 aliphatic heterocycles. The summed E-state index contributed by atoms with van der Waals surface area (Å²) in [5, 5.41) is 0.230. The van der Waals surface area contributed by atoms with Crippen molar-refractivity contribution in [1.29, 1.82) is 0 Å². The Balaban J connectivity index is 2.72. The molecule has 0 radical (unpaired) electrons. The van der Waals surface area contributed by atoms with Gasteiger partial charge in [0.1, 0.15) is 11.6 Å². The third kappa shape index (κ3) is 2.11. The molecule has 0 spiro atoms. The average Bonchev–Trinajstić information content (AvgIpc) is 2.27. The maximum absolute atomic E-state index is 13.9. The molecule has 0 saturated carbocycles. The van der Waals surface area contributed by atoms with Crippen molar-refractivity contribution in [2.45, 2.75) is 6.92 Å². The highest BCUT2D eigenvalue weighted by Crippen LogP contribution is 2.34. The Hall–Kier alpha value is -1.61. The van der Waals surface area contributed by atoms with Gasteiger partial charge in [-0.05, 0) is 30.7 Å². The molecule has 0 unspecified atom stereocenters. The summed E-state index contributed by atoms with van der Waals surface area (Å²) in [5.41, 5.74) is 6.55. The van der Waals surface area contributed by atoms with E-state index in [0.29, 0.717) is 16.8 Å². The predicted molar refractivity (Wildman–Crippen MR) is 66.0 cm³/mol. The smallest absolute Gasteiger partial charge is 0.136 e. The number of benzene rings is 2. The first kappa shape index (κ1) is 11.9. The summed E-state index contributed by atoms with van der Waals surface area (Å²) in [4.78, 5) is 0. The summed E-state index contributed by atoms with van der Waals surface area (Å²) in [5.74, 6) is -1.24. The minimum Gasteiger partial charge on any atom is -0.399 e. The van der Waals surface area contributed by atoms with Crippen LogP contribution in [0.2, 0.25) is 5.02 Å². The predicted octanol–water partition coefficient (Wildman–Crippen LogP) is 4.18. The number of hydrogen-bond donors (Lipinski definition) is 1. The van der Waals surface area contributed by atoms with Crippen LogP contribution in [0.1, 0.15) is 5.56 Å². The number of halogens is 3. The van der Waals surface area contributed by atoms with E-state index in [1.807, 2.05) is 0 Å². The van der Waals surface area contributed by atoms with E-state index in [9.17, 15) is 8.78 Å². The van der Waals surface area contributed by atoms with Crippen molar-refractivity contribution >= 4 is 17.3 Å². The maximum atomic E-state index is 13.9. The number of hydrogen-bond acceptors (Lipinski definition) is 1. The van der Waals surface area contributed by atoms with Gasteiger partial charge in [-0.1, -0.05) is 23.7 Å². The van der Waals surface area contributed by atoms with Crippen LogP contribution in [-0.4, -0.2) is 0 Å². The molecule has 0 saturated heterocycles. The van der Waals surface area contributed by atoms with Crippen LogP contribution >= 0.6 is 11.6 Å². The highest BCUT2D eigenvalue weighted by Gasteiger charge is 2.16. The fourth-order valence-corrected chi connectivity index (χ4v) is 1.92. The molecule has 0 amide bonds. The summed E-state index contributed by atoms with van der Waals surface area (Å²) in [6.45, 7) is 1.57. The van der Waals surface area contributed by atoms with Gasteiger partial charge in [-0.3, -0.25) is 0 Å². The van der Waals surface area contributed by atoms with Crippen molar-refractivity contribution in [1.82, 2.24) is 0 Å². The molecule has 17 heavy (non-hydrogen) atoms. The first-order valence-corrected chi connectivity index (χ1v) is 5.38. The van der Waals surface area contributed by atoms with Crippen LogP contribution < -0.4 is 5.73 Å². The minimum atomic E-state index is -0.639. The standard InChI is InChI=1S/C13H10ClF2N/c1-7-2-5-11(15)12(13(7)16)9-4-3-8(17)6-10(9)14/h2-6H,17H2,1H3. The van der Waals surface area contributed by atoms with Gasteiger partial charge in [0, 0.05) is 11.3 Å². The second kappa shape index (κ2) is 4.34. The summed E-state index contributed by atoms with van der Waals surface area (Å²) < 4.78 is 27.6. The lowest BCUT2D eigenvalue weighted by Crippen LogP contribution is -1.95. The van der Waals surface area contributed by atoms with Gasteiger partial charge >= 0.3 is 0 Å². The normalized spacial score (nSPS) is 10.6. The van der Waals surface area contributed by atoms with Crippen LogP contribution in [-0.2, 0) is 0 Å². The van der Waals surface area contributed by atoms with E-state index in [1.165, 1.54) is 24.3 Å². The van der Waals surface area contributed by atoms with Crippen LogP contribution in [0, 0.1) is 18.6 Å². The van der Waals surface area contributed by atoms with E-state index in [2.05, 4.69) is 0 Å². The van der Waals surface area contributed by atoms with E-state index in [0.717, 1.165) is 0 Å². The van der Waals surface area contributed by atoms with Crippen molar-refractivity contribution in [2.24, 2.45) is 0 Å². The number of anilines is 1. The fourth-order valence-electron chi connectivity index (χ4n) is 1.64. The van der Waals surface area contributed by atoms with Crippen LogP contribution in [0.5, 0.6) is 0 Å². The Kier molecular flexibility index (Phi) is 3.03. The second-order valence-electron chi connectivity index (χ2n) is 3.79. The molecular formula is C13H10ClF2N. The van der Waals surface area contributed by atoms with Gasteiger partial charge in [0.05, 0.1) is 10.6 Å². The summed E-state index contributed by atoms with van der Waals surface area (Å²) in [7, 11) is 0. The van der Waals surface area contributed by atoms with Crippen LogP contribution in [0.4, 0.5) is 14.5 Å². The Morgan fingerprint density at radius 3 is 2.47 bits per heavy atom. The SMILES string of the molecule is Cc1ccc(F)c(-c2ccc(N)cc2Cl)c1F. The lowest BCUT2D eigenvalue weighted by atomic mass is 10.0. The molecule has 0 aliphatic carbocycles. The topological polar surface area (TPSA) is 26.0 Å². The molecule has 88 valence electrons. The monoisotopic (exact) mass is 253 g/mol. The fraction of sp³-hybridized carbons (Fsp3) is 0.0769. The highest BCUT2D eigenvalue weighted by atomic mass is 35.5. The molecule has 0 fully saturated rings. The van der Waals surface area contributed by atoms with Gasteiger partial charge in [-0.25, -0.2) is 8.78 Å². The Labute approximate surface area is 103 Å². The number of rotatable bonds is 1. The first-order valence-electron chi connectivity index (χ1n) is 5.00. The summed E-state index contributed by atoms with van der Waals surface area (Å²) in [6.07, 6.45) is 0. The maximum Gasteiger partial charge on any atom is 0.136 e. The zero-order valence-electron chi connectivity index (χ0n) is 9.10. The first-order chi connectivity index (χ1) is 8.00. The Morgan fingerprint density at radius 1 is 1.12 bits per heavy atom. The molecule has 0 aliphatic rings. The van der Waals surface area contributed by atoms with Crippen LogP contribution in [0.3, 0.4) is 0 Å². The van der Waals surface area contributed by atoms with Crippen LogP contribution in [0.15, 0.2) is 30.3 Å². The van der Waals surface area contributed by atoms with Gasteiger partial charge < -0.3 is 5.73 Å². The molecule has 2 aromatic carbocycles. The van der Waals surface area contributed by atoms with Crippen molar-refractivity contribution < 1.29 is 8.78 Å². The Bertz CT molecular complexity index is 582. The molecule has 4 heteroatoms. The van der Waals surface area contributed by atoms with Gasteiger partial charge in [0.2, 0.25) is 0 Å². The second-order valence-corrected chi connectivity index (χ2v) is 4.20. The zero-order valence-corrected chi connectivity index (χ0v) is 9.85. The quantitative estimate of drug-likeness (QED) is 0.758. The van der Waals surface area contributed by atoms with E-state index in [1.54, 1.807) is 13.0 Å². The molecular weight excluding hydrogens is 244 g/mol. The van der Waals surface area contributed by atoms with Crippen molar-refractivity contribution in [3.05, 3.63) is 52.6 Å². The minimum absolute atomic E-state index is 0.116. The average molecular weight is 254 g/mol. The molecule has 2 rings (SSSR count). The highest BCUT2D eigenvalue weighted by molar-refractivity contribution is 6.33. The Morgan fingerprint density at radius 2 is 1.82 bits per heavy atom. The third-order valence-electron chi connectivity index (χ3n) is 2.55. The van der Waals surface area contributed by atoms with Gasteiger partial charge in [-0.2, -0.15) is 0 Å². The summed E-state index contributed by atoms with van der Waals surface area (Å²) in [6, 6.07) is 7.15. The number of aryl methyl sites for hydroxylation is 1. The van der Waals surface area contributed by atoms with Gasteiger partial charge in [0.15, 0.2) is 0 Å². The van der Waals surface area contributed by atoms with Crippen molar-refractivity contribution in [2.75, 3.05) is 5.73 Å². The van der Waals surface area contributed by atoms with Gasteiger partial charge in [-0.15, -0.1) is 0 Å². The molecule has 2 N–H and O–H groups in total. The largest absolute Gasteiger partial charge is 0.399 e. The lowest BCUT2D eigenvalue weighted by molar-refractivity contribution is 0.584. The van der Waals surface area contributed by atoms with E-state index in [4.69, 9.17) is 17.3 Å². The van der Waals surface area contributed by atoms with E-state index >= 15 is 0 Å².